The second kappa shape index (κ2) is 8.19. The first-order valence-electron chi connectivity index (χ1n) is 9.28. The van der Waals surface area contributed by atoms with Crippen LogP contribution in [0.25, 0.3) is 0 Å². The average molecular weight is 337 g/mol. The summed E-state index contributed by atoms with van der Waals surface area (Å²) in [5, 5.41) is 13.7. The van der Waals surface area contributed by atoms with E-state index >= 15 is 0 Å². The van der Waals surface area contributed by atoms with Crippen molar-refractivity contribution in [1.29, 1.82) is 0 Å². The molecule has 1 fully saturated rings. The number of aryl methyl sites for hydroxylation is 1. The highest BCUT2D eigenvalue weighted by Gasteiger charge is 2.14. The molecule has 1 aliphatic rings. The smallest absolute Gasteiger partial charge is 0.167 e. The maximum atomic E-state index is 12.5. The molecule has 0 radical (unpaired) electrons. The quantitative estimate of drug-likeness (QED) is 0.719. The number of Topliss-reactive ketones (excluding diaryl/α,β-unsaturated/α-hetero) is 1. The van der Waals surface area contributed by atoms with Gasteiger partial charge in [-0.3, -0.25) is 4.79 Å². The number of aromatic hydroxyl groups is 1. The number of phenols is 1. The Morgan fingerprint density at radius 2 is 1.88 bits per heavy atom. The highest BCUT2D eigenvalue weighted by molar-refractivity contribution is 5.99. The van der Waals surface area contributed by atoms with E-state index in [4.69, 9.17) is 0 Å². The van der Waals surface area contributed by atoms with Crippen molar-refractivity contribution in [3.05, 3.63) is 59.2 Å². The molecule has 0 bridgehead atoms. The van der Waals surface area contributed by atoms with Gasteiger partial charge in [-0.05, 0) is 37.3 Å². The van der Waals surface area contributed by atoms with Gasteiger partial charge < -0.3 is 10.4 Å². The number of anilines is 1. The van der Waals surface area contributed by atoms with E-state index in [0.717, 1.165) is 29.3 Å². The predicted octanol–water partition coefficient (Wildman–Crippen LogP) is 5.12. The lowest BCUT2D eigenvalue weighted by Gasteiger charge is -2.22. The molecule has 0 aliphatic heterocycles. The van der Waals surface area contributed by atoms with Gasteiger partial charge in [0.15, 0.2) is 5.78 Å². The summed E-state index contributed by atoms with van der Waals surface area (Å²) >= 11 is 0. The topological polar surface area (TPSA) is 49.3 Å². The second-order valence-corrected chi connectivity index (χ2v) is 7.14. The summed E-state index contributed by atoms with van der Waals surface area (Å²) in [6.45, 7) is 2.90. The van der Waals surface area contributed by atoms with Gasteiger partial charge in [0.05, 0.1) is 0 Å². The van der Waals surface area contributed by atoms with Crippen molar-refractivity contribution in [2.75, 3.05) is 11.9 Å². The van der Waals surface area contributed by atoms with Crippen LogP contribution < -0.4 is 5.32 Å². The number of rotatable bonds is 6. The van der Waals surface area contributed by atoms with Gasteiger partial charge in [-0.25, -0.2) is 0 Å². The molecular weight excluding hydrogens is 310 g/mol. The summed E-state index contributed by atoms with van der Waals surface area (Å²) in [6, 6.07) is 13.1. The van der Waals surface area contributed by atoms with Crippen LogP contribution in [0.4, 0.5) is 5.69 Å². The first-order valence-corrected chi connectivity index (χ1v) is 9.28. The molecule has 2 aromatic rings. The third-order valence-corrected chi connectivity index (χ3v) is 5.20. The monoisotopic (exact) mass is 337 g/mol. The van der Waals surface area contributed by atoms with Gasteiger partial charge >= 0.3 is 0 Å². The Kier molecular flexibility index (Phi) is 5.75. The van der Waals surface area contributed by atoms with Crippen LogP contribution in [0.5, 0.6) is 5.75 Å². The maximum absolute atomic E-state index is 12.5. The summed E-state index contributed by atoms with van der Waals surface area (Å²) in [4.78, 5) is 12.5. The lowest BCUT2D eigenvalue weighted by Crippen LogP contribution is -2.17. The summed E-state index contributed by atoms with van der Waals surface area (Å²) in [7, 11) is 0. The molecule has 25 heavy (non-hydrogen) atoms. The molecule has 2 N–H and O–H groups in total. The number of carbonyl (C=O) groups is 1. The van der Waals surface area contributed by atoms with Crippen LogP contribution in [0.2, 0.25) is 0 Å². The molecule has 0 heterocycles. The van der Waals surface area contributed by atoms with Gasteiger partial charge in [0, 0.05) is 35.8 Å². The van der Waals surface area contributed by atoms with Gasteiger partial charge in [0.25, 0.3) is 0 Å². The van der Waals surface area contributed by atoms with Crippen LogP contribution in [0.15, 0.2) is 42.5 Å². The van der Waals surface area contributed by atoms with E-state index in [0.29, 0.717) is 5.56 Å². The highest BCUT2D eigenvalue weighted by atomic mass is 16.3. The van der Waals surface area contributed by atoms with E-state index in [1.807, 2.05) is 43.3 Å². The molecule has 1 aliphatic carbocycles. The number of benzene rings is 2. The van der Waals surface area contributed by atoms with E-state index in [1.54, 1.807) is 6.07 Å². The van der Waals surface area contributed by atoms with Crippen molar-refractivity contribution < 1.29 is 9.90 Å². The number of carbonyl (C=O) groups excluding carboxylic acids is 1. The van der Waals surface area contributed by atoms with Crippen molar-refractivity contribution in [3.8, 4) is 5.75 Å². The number of nitrogens with one attached hydrogen (secondary N) is 1. The first-order chi connectivity index (χ1) is 12.1. The van der Waals surface area contributed by atoms with Crippen molar-refractivity contribution in [2.24, 2.45) is 5.92 Å². The molecule has 0 amide bonds. The Bertz CT molecular complexity index is 733. The fourth-order valence-corrected chi connectivity index (χ4v) is 3.63. The van der Waals surface area contributed by atoms with E-state index in [-0.39, 0.29) is 18.0 Å². The van der Waals surface area contributed by atoms with Crippen molar-refractivity contribution in [2.45, 2.75) is 45.4 Å². The van der Waals surface area contributed by atoms with Crippen LogP contribution in [0, 0.1) is 12.8 Å². The molecule has 0 spiro atoms. The SMILES string of the molecule is Cc1ccccc1C(=O)Cc1ccc(NCC2CCCCC2)cc1O. The molecular formula is C22H27NO2. The largest absolute Gasteiger partial charge is 0.508 e. The minimum atomic E-state index is 0.0383. The lowest BCUT2D eigenvalue weighted by atomic mass is 9.89. The third kappa shape index (κ3) is 4.62. The molecule has 0 unspecified atom stereocenters. The minimum absolute atomic E-state index is 0.0383. The molecule has 3 heteroatoms. The summed E-state index contributed by atoms with van der Waals surface area (Å²) in [5.74, 6) is 0.963. The fraction of sp³-hybridized carbons (Fsp3) is 0.409. The summed E-state index contributed by atoms with van der Waals surface area (Å²) < 4.78 is 0. The molecule has 0 saturated heterocycles. The number of phenolic OH excluding ortho intramolecular Hbond substituents is 1. The van der Waals surface area contributed by atoms with E-state index in [2.05, 4.69) is 5.32 Å². The normalized spacial score (nSPS) is 15.1. The molecule has 0 atom stereocenters. The summed E-state index contributed by atoms with van der Waals surface area (Å²) in [6.07, 6.45) is 6.83. The van der Waals surface area contributed by atoms with Gasteiger partial charge in [0.2, 0.25) is 0 Å². The minimum Gasteiger partial charge on any atom is -0.508 e. The highest BCUT2D eigenvalue weighted by Crippen LogP contribution is 2.27. The van der Waals surface area contributed by atoms with E-state index < -0.39 is 0 Å². The molecule has 1 saturated carbocycles. The molecule has 0 aromatic heterocycles. The van der Waals surface area contributed by atoms with E-state index in [9.17, 15) is 9.90 Å². The zero-order valence-electron chi connectivity index (χ0n) is 14.9. The zero-order chi connectivity index (χ0) is 17.6. The van der Waals surface area contributed by atoms with Gasteiger partial charge in [-0.2, -0.15) is 0 Å². The average Bonchev–Trinajstić information content (AvgIpc) is 2.63. The van der Waals surface area contributed by atoms with Crippen LogP contribution in [0.1, 0.15) is 53.6 Å². The van der Waals surface area contributed by atoms with E-state index in [1.165, 1.54) is 32.1 Å². The van der Waals surface area contributed by atoms with Crippen molar-refractivity contribution >= 4 is 11.5 Å². The van der Waals surface area contributed by atoms with Crippen LogP contribution in [-0.4, -0.2) is 17.4 Å². The summed E-state index contributed by atoms with van der Waals surface area (Å²) in [5.41, 5.74) is 3.30. The Morgan fingerprint density at radius 1 is 1.12 bits per heavy atom. The van der Waals surface area contributed by atoms with Crippen molar-refractivity contribution in [1.82, 2.24) is 0 Å². The maximum Gasteiger partial charge on any atom is 0.167 e. The number of hydrogen-bond donors (Lipinski definition) is 2. The molecule has 2 aromatic carbocycles. The molecule has 3 rings (SSSR count). The standard InChI is InChI=1S/C22H27NO2/c1-16-7-5-6-10-20(16)22(25)13-18-11-12-19(14-21(18)24)23-15-17-8-3-2-4-9-17/h5-7,10-12,14,17,23-24H,2-4,8-9,13,15H2,1H3. The van der Waals surface area contributed by atoms with Crippen LogP contribution in [-0.2, 0) is 6.42 Å². The van der Waals surface area contributed by atoms with Crippen LogP contribution >= 0.6 is 0 Å². The number of hydrogen-bond acceptors (Lipinski definition) is 3. The first kappa shape index (κ1) is 17.5. The van der Waals surface area contributed by atoms with Gasteiger partial charge in [0.1, 0.15) is 5.75 Å². The Balaban J connectivity index is 1.61. The predicted molar refractivity (Wildman–Crippen MR) is 102 cm³/mol. The van der Waals surface area contributed by atoms with Gasteiger partial charge in [-0.15, -0.1) is 0 Å². The Labute approximate surface area is 150 Å². The van der Waals surface area contributed by atoms with Crippen molar-refractivity contribution in [3.63, 3.8) is 0 Å². The lowest BCUT2D eigenvalue weighted by molar-refractivity contribution is 0.0991. The third-order valence-electron chi connectivity index (χ3n) is 5.20. The van der Waals surface area contributed by atoms with Gasteiger partial charge in [-0.1, -0.05) is 49.6 Å². The molecule has 3 nitrogen and oxygen atoms in total. The zero-order valence-corrected chi connectivity index (χ0v) is 14.9. The molecule has 132 valence electrons. The number of ketones is 1. The Hall–Kier alpha value is -2.29. The second-order valence-electron chi connectivity index (χ2n) is 7.14. The van der Waals surface area contributed by atoms with Crippen LogP contribution in [0.3, 0.4) is 0 Å². The Morgan fingerprint density at radius 3 is 2.60 bits per heavy atom. The fourth-order valence-electron chi connectivity index (χ4n) is 3.63.